The van der Waals surface area contributed by atoms with E-state index in [1.807, 2.05) is 0 Å². The predicted octanol–water partition coefficient (Wildman–Crippen LogP) is 23.7. The molecule has 0 radical (unpaired) electrons. The number of amides is 10. The normalized spacial score (nSPS) is 12.1. The second kappa shape index (κ2) is 42.8. The van der Waals surface area contributed by atoms with Gasteiger partial charge in [0.05, 0.1) is 49.2 Å². The fraction of sp³-hybridized carbons (Fsp3) is 0.500. The highest BCUT2D eigenvalue weighted by Crippen LogP contribution is 2.40. The smallest absolute Gasteiger partial charge is 0.435 e. The zero-order chi connectivity index (χ0) is 89.8. The molecule has 10 amide bonds. The lowest BCUT2D eigenvalue weighted by Crippen LogP contribution is -2.48. The molecule has 0 N–H and O–H groups in total. The van der Waals surface area contributed by atoms with E-state index in [2.05, 4.69) is 24.1 Å². The monoisotopic (exact) mass is 1710 g/mol. The van der Waals surface area contributed by atoms with E-state index >= 15 is 24.0 Å². The maximum Gasteiger partial charge on any atom is 0.435 e. The number of carbonyl (C=O) groups is 12. The van der Waals surface area contributed by atoms with Gasteiger partial charge < -0.3 is 28.4 Å². The van der Waals surface area contributed by atoms with Crippen molar-refractivity contribution in [3.8, 4) is 0 Å². The summed E-state index contributed by atoms with van der Waals surface area (Å²) in [6.07, 6.45) is 1.88. The summed E-state index contributed by atoms with van der Waals surface area (Å²) in [6, 6.07) is 18.3. The summed E-state index contributed by atoms with van der Waals surface area (Å²) in [5, 5.41) is 8.29. The second-order valence-corrected chi connectivity index (χ2v) is 33.7. The number of halogens is 4. The number of anilines is 6. The van der Waals surface area contributed by atoms with Crippen LogP contribution in [0.2, 0.25) is 20.1 Å². The third-order valence-corrected chi connectivity index (χ3v) is 21.3. The number of ether oxygens (including phenoxy) is 6. The Bertz CT molecular complexity index is 4360. The number of rotatable bonds is 31. The molecule has 0 heterocycles. The standard InChI is InChI=1S/C80H98Cl4N8O18.C8H18/c1-25-75(13,14)105-69(99)87(57-35-31-33-45(7)47(57)9)65(95)51-37-39-54(82)61(42-51)92(74(104)110-80(23,24)30-6)86-64(50(12)94)68(98)90(72(102)108-78(19,20)28-4)60-41-46(8)59(44-56(60)84)89(71(101)107-77(17,18)27-3)67(97)63(49(11)93)85-91(73(103)109-79(21,22)29-5)62-43-52(38-40-55(62)83)66(96)88(70(100)106-76(15,16)26-2)58-36-32-34-53(81)48(58)10;1-3-5-7-8-6-4-2/h31-44H,25-30H2,1-24H3;3-8H2,1-2H3/b85-63-,86-64-;. The third-order valence-electron chi connectivity index (χ3n) is 20.0. The van der Waals surface area contributed by atoms with E-state index in [9.17, 15) is 33.6 Å². The van der Waals surface area contributed by atoms with Crippen LogP contribution in [0.5, 0.6) is 0 Å². The Morgan fingerprint density at radius 3 is 0.966 bits per heavy atom. The minimum Gasteiger partial charge on any atom is -0.443 e. The first-order valence-corrected chi connectivity index (χ1v) is 41.0. The first-order valence-electron chi connectivity index (χ1n) is 39.5. The minimum absolute atomic E-state index is 0.0180. The topological polar surface area (TPSA) is 304 Å². The van der Waals surface area contributed by atoms with Crippen LogP contribution < -0.4 is 29.6 Å². The SMILES string of the molecule is CCC(C)(C)OC(=O)N(/N=C(/C(C)=O)C(=O)N(C(=O)OC(C)(C)CC)c1cc(Cl)c(N(C(=O)OC(C)(C)CC)C(=O)/C(=N\N(C(=O)OC(C)(C)CC)c2cc(C(=O)N(C(=O)OC(C)(C)CC)c3cccc(C)c3C)ccc2Cl)C(C)=O)cc1C)c1cc(C(=O)N(C(=O)OC(C)(C)CC)c2cccc(Cl)c2C)ccc1Cl.CCCCCCCC. The number of carbonyl (C=O) groups excluding carboxylic acids is 12. The van der Waals surface area contributed by atoms with Crippen LogP contribution in [0.25, 0.3) is 0 Å². The van der Waals surface area contributed by atoms with Crippen molar-refractivity contribution in [3.05, 3.63) is 138 Å². The zero-order valence-corrected chi connectivity index (χ0v) is 76.0. The van der Waals surface area contributed by atoms with Crippen molar-refractivity contribution in [1.29, 1.82) is 0 Å². The van der Waals surface area contributed by atoms with Gasteiger partial charge in [0.25, 0.3) is 23.6 Å². The molecule has 0 spiro atoms. The van der Waals surface area contributed by atoms with Crippen LogP contribution >= 0.6 is 46.4 Å². The van der Waals surface area contributed by atoms with E-state index in [0.29, 0.717) is 49.3 Å². The average Bonchev–Trinajstić information content (AvgIpc) is 0.771. The fourth-order valence-corrected chi connectivity index (χ4v) is 11.0. The molecule has 0 saturated heterocycles. The molecule has 0 aliphatic rings. The first kappa shape index (κ1) is 101. The molecular weight excluding hydrogens is 1600 g/mol. The number of hydrogen-bond donors (Lipinski definition) is 0. The Balaban J connectivity index is 0.00000346. The molecule has 0 aliphatic carbocycles. The number of unbranched alkanes of at least 4 members (excludes halogenated alkanes) is 5. The summed E-state index contributed by atoms with van der Waals surface area (Å²) in [4.78, 5) is 181. The lowest BCUT2D eigenvalue weighted by atomic mass is 10.1. The quantitative estimate of drug-likeness (QED) is 0.0131. The van der Waals surface area contributed by atoms with Crippen molar-refractivity contribution in [2.75, 3.05) is 29.6 Å². The molecule has 644 valence electrons. The van der Waals surface area contributed by atoms with Crippen LogP contribution in [-0.4, -0.2) is 117 Å². The van der Waals surface area contributed by atoms with Crippen molar-refractivity contribution >= 4 is 164 Å². The number of nitrogens with zero attached hydrogens (tertiary/aromatic N) is 8. The summed E-state index contributed by atoms with van der Waals surface area (Å²) >= 11 is 27.6. The van der Waals surface area contributed by atoms with E-state index in [1.54, 1.807) is 122 Å². The van der Waals surface area contributed by atoms with E-state index < -0.39 is 145 Å². The van der Waals surface area contributed by atoms with Gasteiger partial charge >= 0.3 is 36.6 Å². The van der Waals surface area contributed by atoms with Gasteiger partial charge in [0, 0.05) is 30.0 Å². The third kappa shape index (κ3) is 26.9. The number of benzene rings is 5. The number of hydrazone groups is 2. The molecule has 5 rings (SSSR count). The van der Waals surface area contributed by atoms with Gasteiger partial charge in [0.15, 0.2) is 23.0 Å². The number of hydrogen-bond acceptors (Lipinski definition) is 20. The Labute approximate surface area is 714 Å². The Morgan fingerprint density at radius 2 is 0.636 bits per heavy atom. The molecule has 0 saturated carbocycles. The molecule has 5 aromatic carbocycles. The maximum absolute atomic E-state index is 15.8. The van der Waals surface area contributed by atoms with Crippen molar-refractivity contribution in [3.63, 3.8) is 0 Å². The zero-order valence-electron chi connectivity index (χ0n) is 73.0. The highest BCUT2D eigenvalue weighted by atomic mass is 35.5. The van der Waals surface area contributed by atoms with Crippen molar-refractivity contribution in [2.45, 2.75) is 291 Å². The van der Waals surface area contributed by atoms with Crippen LogP contribution in [0.1, 0.15) is 272 Å². The van der Waals surface area contributed by atoms with Gasteiger partial charge in [-0.25, -0.2) is 48.4 Å². The molecule has 0 aliphatic heterocycles. The van der Waals surface area contributed by atoms with Crippen LogP contribution in [0.4, 0.5) is 62.9 Å². The summed E-state index contributed by atoms with van der Waals surface area (Å²) in [5.41, 5.74) is -11.2. The summed E-state index contributed by atoms with van der Waals surface area (Å²) in [5.74, 6) is -7.67. The summed E-state index contributed by atoms with van der Waals surface area (Å²) in [7, 11) is 0. The van der Waals surface area contributed by atoms with Gasteiger partial charge in [-0.1, -0.05) is 159 Å². The molecule has 5 aromatic rings. The Morgan fingerprint density at radius 1 is 0.322 bits per heavy atom. The molecule has 0 bridgehead atoms. The van der Waals surface area contributed by atoms with Gasteiger partial charge in [-0.15, -0.1) is 0 Å². The summed E-state index contributed by atoms with van der Waals surface area (Å²) in [6.45, 7) is 41.6. The average molecular weight is 1720 g/mol. The minimum atomic E-state index is -1.62. The number of ketones is 2. The van der Waals surface area contributed by atoms with E-state index in [1.165, 1.54) is 129 Å². The van der Waals surface area contributed by atoms with Gasteiger partial charge in [0.2, 0.25) is 0 Å². The molecule has 0 aromatic heterocycles. The highest BCUT2D eigenvalue weighted by molar-refractivity contribution is 6.70. The van der Waals surface area contributed by atoms with Gasteiger partial charge in [-0.05, 0) is 238 Å². The molecular formula is C88H116Cl4N8O18. The fourth-order valence-electron chi connectivity index (χ4n) is 10.2. The van der Waals surface area contributed by atoms with Gasteiger partial charge in [0.1, 0.15) is 33.6 Å². The van der Waals surface area contributed by atoms with Crippen molar-refractivity contribution < 1.29 is 86.0 Å². The van der Waals surface area contributed by atoms with Crippen LogP contribution in [0, 0.1) is 27.7 Å². The van der Waals surface area contributed by atoms with E-state index in [0.717, 1.165) is 47.9 Å². The first-order chi connectivity index (χ1) is 54.7. The molecule has 0 atom stereocenters. The number of imide groups is 4. The van der Waals surface area contributed by atoms with Crippen molar-refractivity contribution in [1.82, 2.24) is 0 Å². The predicted molar refractivity (Wildman–Crippen MR) is 465 cm³/mol. The van der Waals surface area contributed by atoms with E-state index in [4.69, 9.17) is 74.8 Å². The molecule has 0 fully saturated rings. The lowest BCUT2D eigenvalue weighted by molar-refractivity contribution is -0.117. The highest BCUT2D eigenvalue weighted by Gasteiger charge is 2.43. The Hall–Kier alpha value is -9.76. The van der Waals surface area contributed by atoms with Crippen LogP contribution in [-0.2, 0) is 47.6 Å². The number of Topliss-reactive ketones (excluding diaryl/α,β-unsaturated/α-hetero) is 2. The largest absolute Gasteiger partial charge is 0.443 e. The molecule has 26 nitrogen and oxygen atoms in total. The summed E-state index contributed by atoms with van der Waals surface area (Å²) < 4.78 is 35.4. The molecule has 118 heavy (non-hydrogen) atoms. The van der Waals surface area contributed by atoms with E-state index in [-0.39, 0.29) is 68.8 Å². The van der Waals surface area contributed by atoms with Gasteiger partial charge in [-0.2, -0.15) is 20.2 Å². The van der Waals surface area contributed by atoms with Crippen molar-refractivity contribution in [2.24, 2.45) is 10.2 Å². The molecule has 30 heteroatoms. The lowest BCUT2D eigenvalue weighted by Gasteiger charge is -2.31. The molecule has 0 unspecified atom stereocenters. The maximum atomic E-state index is 15.8. The van der Waals surface area contributed by atoms with Crippen LogP contribution in [0.3, 0.4) is 0 Å². The van der Waals surface area contributed by atoms with Gasteiger partial charge in [-0.3, -0.25) is 28.8 Å². The number of aryl methyl sites for hydroxylation is 2. The Kier molecular flexibility index (Phi) is 36.5. The van der Waals surface area contributed by atoms with Crippen LogP contribution in [0.15, 0.2) is 95.1 Å². The second-order valence-electron chi connectivity index (χ2n) is 32.0.